The number of rotatable bonds is 1. The number of aryl methyl sites for hydroxylation is 1. The van der Waals surface area contributed by atoms with Crippen molar-refractivity contribution in [3.63, 3.8) is 0 Å². The number of hydrogen-bond donors (Lipinski definition) is 0. The van der Waals surface area contributed by atoms with Crippen molar-refractivity contribution in [3.05, 3.63) is 52.0 Å². The van der Waals surface area contributed by atoms with Crippen LogP contribution in [0, 0.1) is 10.5 Å². The van der Waals surface area contributed by atoms with Crippen molar-refractivity contribution < 1.29 is 0 Å². The molecule has 0 saturated carbocycles. The molecule has 0 unspecified atom stereocenters. The van der Waals surface area contributed by atoms with Crippen molar-refractivity contribution in [2.45, 2.75) is 6.92 Å². The topological polar surface area (TPSA) is 38.7 Å². The van der Waals surface area contributed by atoms with Gasteiger partial charge < -0.3 is 0 Å². The molecule has 0 atom stereocenters. The minimum Gasteiger partial charge on any atom is -0.262 e. The number of fused-ring (bicyclic) bond motifs is 1. The highest BCUT2D eigenvalue weighted by Gasteiger charge is 2.06. The normalized spacial score (nSPS) is 10.8. The van der Waals surface area contributed by atoms with Gasteiger partial charge in [0.1, 0.15) is 0 Å². The van der Waals surface area contributed by atoms with Crippen LogP contribution in [-0.2, 0) is 0 Å². The van der Waals surface area contributed by atoms with Gasteiger partial charge in [-0.25, -0.2) is 9.97 Å². The average molecular weight is 347 g/mol. The lowest BCUT2D eigenvalue weighted by molar-refractivity contribution is 1.15. The molecule has 0 N–H and O–H groups in total. The van der Waals surface area contributed by atoms with E-state index < -0.39 is 0 Å². The van der Waals surface area contributed by atoms with Gasteiger partial charge in [-0.15, -0.1) is 0 Å². The number of pyridine rings is 1. The second-order valence-electron chi connectivity index (χ2n) is 4.04. The van der Waals surface area contributed by atoms with E-state index in [9.17, 15) is 0 Å². The van der Waals surface area contributed by atoms with E-state index >= 15 is 0 Å². The van der Waals surface area contributed by atoms with Crippen molar-refractivity contribution in [3.8, 4) is 11.4 Å². The summed E-state index contributed by atoms with van der Waals surface area (Å²) in [4.78, 5) is 13.3. The summed E-state index contributed by atoms with van der Waals surface area (Å²) in [5.74, 6) is 0.756. The molecule has 4 heteroatoms. The standard InChI is InChI=1S/C14H10IN3/c1-9-12-5-6-16-8-13(12)18-14(17-9)10-3-2-4-11(15)7-10/h2-8H,1H3. The quantitative estimate of drug-likeness (QED) is 0.632. The Morgan fingerprint density at radius 2 is 2.00 bits per heavy atom. The van der Waals surface area contributed by atoms with Crippen LogP contribution in [0.5, 0.6) is 0 Å². The number of hydrogen-bond acceptors (Lipinski definition) is 3. The second-order valence-corrected chi connectivity index (χ2v) is 5.28. The molecule has 0 aliphatic carbocycles. The molecule has 18 heavy (non-hydrogen) atoms. The lowest BCUT2D eigenvalue weighted by atomic mass is 10.2. The highest BCUT2D eigenvalue weighted by atomic mass is 127. The molecule has 2 aromatic heterocycles. The lowest BCUT2D eigenvalue weighted by Gasteiger charge is -2.05. The van der Waals surface area contributed by atoms with Crippen molar-refractivity contribution in [2.24, 2.45) is 0 Å². The molecule has 3 rings (SSSR count). The first-order chi connectivity index (χ1) is 8.74. The van der Waals surface area contributed by atoms with Crippen molar-refractivity contribution in [1.82, 2.24) is 15.0 Å². The zero-order valence-corrected chi connectivity index (χ0v) is 11.9. The van der Waals surface area contributed by atoms with Gasteiger partial charge in [0.15, 0.2) is 5.82 Å². The van der Waals surface area contributed by atoms with E-state index in [0.717, 1.165) is 28.0 Å². The number of aromatic nitrogens is 3. The van der Waals surface area contributed by atoms with E-state index in [2.05, 4.69) is 49.7 Å². The van der Waals surface area contributed by atoms with Gasteiger partial charge in [-0.1, -0.05) is 12.1 Å². The fourth-order valence-corrected chi connectivity index (χ4v) is 2.44. The summed E-state index contributed by atoms with van der Waals surface area (Å²) in [6.07, 6.45) is 3.55. The Hall–Kier alpha value is -1.56. The van der Waals surface area contributed by atoms with E-state index in [1.165, 1.54) is 3.57 Å². The number of benzene rings is 1. The molecule has 0 aliphatic rings. The molecule has 0 fully saturated rings. The second kappa shape index (κ2) is 4.61. The van der Waals surface area contributed by atoms with E-state index in [4.69, 9.17) is 0 Å². The third-order valence-corrected chi connectivity index (χ3v) is 3.44. The van der Waals surface area contributed by atoms with Gasteiger partial charge in [-0.3, -0.25) is 4.98 Å². The Kier molecular flexibility index (Phi) is 2.95. The maximum absolute atomic E-state index is 4.57. The largest absolute Gasteiger partial charge is 0.262 e. The third kappa shape index (κ3) is 2.08. The van der Waals surface area contributed by atoms with Crippen LogP contribution in [-0.4, -0.2) is 15.0 Å². The van der Waals surface area contributed by atoms with Crippen LogP contribution >= 0.6 is 22.6 Å². The van der Waals surface area contributed by atoms with Crippen LogP contribution in [0.4, 0.5) is 0 Å². The first-order valence-electron chi connectivity index (χ1n) is 5.58. The zero-order chi connectivity index (χ0) is 12.5. The predicted octanol–water partition coefficient (Wildman–Crippen LogP) is 3.60. The Morgan fingerprint density at radius 1 is 1.11 bits per heavy atom. The summed E-state index contributed by atoms with van der Waals surface area (Å²) >= 11 is 2.29. The van der Waals surface area contributed by atoms with Crippen LogP contribution in [0.2, 0.25) is 0 Å². The average Bonchev–Trinajstić information content (AvgIpc) is 2.39. The van der Waals surface area contributed by atoms with Gasteiger partial charge in [-0.2, -0.15) is 0 Å². The van der Waals surface area contributed by atoms with E-state index in [1.54, 1.807) is 12.4 Å². The van der Waals surface area contributed by atoms with Crippen molar-refractivity contribution in [2.75, 3.05) is 0 Å². The Labute approximate surface area is 118 Å². The Balaban J connectivity index is 2.24. The molecule has 3 aromatic rings. The van der Waals surface area contributed by atoms with Gasteiger partial charge in [0.05, 0.1) is 11.7 Å². The monoisotopic (exact) mass is 347 g/mol. The fourth-order valence-electron chi connectivity index (χ4n) is 1.90. The number of nitrogens with zero attached hydrogens (tertiary/aromatic N) is 3. The van der Waals surface area contributed by atoms with Crippen LogP contribution in [0.25, 0.3) is 22.3 Å². The van der Waals surface area contributed by atoms with E-state index in [-0.39, 0.29) is 0 Å². The zero-order valence-electron chi connectivity index (χ0n) is 9.76. The molecule has 0 aliphatic heterocycles. The molecule has 0 spiro atoms. The lowest BCUT2D eigenvalue weighted by Crippen LogP contribution is -1.94. The Morgan fingerprint density at radius 3 is 2.83 bits per heavy atom. The molecule has 88 valence electrons. The summed E-state index contributed by atoms with van der Waals surface area (Å²) in [5, 5.41) is 1.05. The smallest absolute Gasteiger partial charge is 0.160 e. The fraction of sp³-hybridized carbons (Fsp3) is 0.0714. The van der Waals surface area contributed by atoms with Gasteiger partial charge >= 0.3 is 0 Å². The maximum Gasteiger partial charge on any atom is 0.160 e. The molecule has 3 nitrogen and oxygen atoms in total. The van der Waals surface area contributed by atoms with Gasteiger partial charge in [0, 0.05) is 26.4 Å². The molecular weight excluding hydrogens is 337 g/mol. The van der Waals surface area contributed by atoms with E-state index in [1.807, 2.05) is 25.1 Å². The maximum atomic E-state index is 4.57. The molecule has 0 saturated heterocycles. The van der Waals surface area contributed by atoms with Gasteiger partial charge in [0.25, 0.3) is 0 Å². The Bertz CT molecular complexity index is 725. The summed E-state index contributed by atoms with van der Waals surface area (Å²) in [5.41, 5.74) is 2.91. The summed E-state index contributed by atoms with van der Waals surface area (Å²) in [6, 6.07) is 10.1. The highest BCUT2D eigenvalue weighted by Crippen LogP contribution is 2.21. The molecule has 0 radical (unpaired) electrons. The van der Waals surface area contributed by atoms with Gasteiger partial charge in [0.2, 0.25) is 0 Å². The summed E-state index contributed by atoms with van der Waals surface area (Å²) < 4.78 is 1.18. The summed E-state index contributed by atoms with van der Waals surface area (Å²) in [6.45, 7) is 2.00. The molecule has 2 heterocycles. The molecule has 0 bridgehead atoms. The molecular formula is C14H10IN3. The minimum absolute atomic E-state index is 0.756. The first-order valence-corrected chi connectivity index (χ1v) is 6.66. The van der Waals surface area contributed by atoms with Crippen LogP contribution in [0.15, 0.2) is 42.7 Å². The van der Waals surface area contributed by atoms with Crippen LogP contribution in [0.3, 0.4) is 0 Å². The van der Waals surface area contributed by atoms with Crippen LogP contribution < -0.4 is 0 Å². The predicted molar refractivity (Wildman–Crippen MR) is 80.2 cm³/mol. The molecule has 0 amide bonds. The number of halogens is 1. The van der Waals surface area contributed by atoms with Gasteiger partial charge in [-0.05, 0) is 47.7 Å². The molecule has 1 aromatic carbocycles. The first kappa shape index (κ1) is 11.5. The van der Waals surface area contributed by atoms with E-state index in [0.29, 0.717) is 0 Å². The van der Waals surface area contributed by atoms with Crippen molar-refractivity contribution >= 4 is 33.5 Å². The third-order valence-electron chi connectivity index (χ3n) is 2.77. The van der Waals surface area contributed by atoms with Crippen molar-refractivity contribution in [1.29, 1.82) is 0 Å². The summed E-state index contributed by atoms with van der Waals surface area (Å²) in [7, 11) is 0. The SMILES string of the molecule is Cc1nc(-c2cccc(I)c2)nc2cnccc12. The highest BCUT2D eigenvalue weighted by molar-refractivity contribution is 14.1. The van der Waals surface area contributed by atoms with Crippen LogP contribution in [0.1, 0.15) is 5.69 Å². The minimum atomic E-state index is 0.756.